The van der Waals surface area contributed by atoms with E-state index >= 15 is 0 Å². The van der Waals surface area contributed by atoms with Gasteiger partial charge in [-0.1, -0.05) is 24.3 Å². The van der Waals surface area contributed by atoms with Crippen LogP contribution in [0.4, 0.5) is 10.1 Å². The molecule has 0 radical (unpaired) electrons. The highest BCUT2D eigenvalue weighted by Gasteiger charge is 2.23. The van der Waals surface area contributed by atoms with Crippen LogP contribution in [0.15, 0.2) is 53.4 Å². The number of aliphatic hydroxyl groups is 1. The fraction of sp³-hybridized carbons (Fsp3) is 0.200. The van der Waals surface area contributed by atoms with Gasteiger partial charge in [-0.05, 0) is 36.8 Å². The van der Waals surface area contributed by atoms with E-state index in [1.165, 1.54) is 49.5 Å². The number of para-hydroxylation sites is 1. The lowest BCUT2D eigenvalue weighted by Gasteiger charge is -2.20. The summed E-state index contributed by atoms with van der Waals surface area (Å²) < 4.78 is 39.5. The molecule has 0 saturated heterocycles. The van der Waals surface area contributed by atoms with Gasteiger partial charge in [-0.2, -0.15) is 0 Å². The van der Waals surface area contributed by atoms with E-state index in [1.807, 2.05) is 0 Å². The van der Waals surface area contributed by atoms with Crippen molar-refractivity contribution >= 4 is 15.7 Å². The van der Waals surface area contributed by atoms with Crippen molar-refractivity contribution in [3.05, 3.63) is 59.9 Å². The van der Waals surface area contributed by atoms with E-state index in [0.29, 0.717) is 5.56 Å². The molecule has 0 spiro atoms. The van der Waals surface area contributed by atoms with Crippen LogP contribution >= 0.6 is 0 Å². The minimum atomic E-state index is -3.85. The first-order valence-corrected chi connectivity index (χ1v) is 7.79. The second kappa shape index (κ2) is 5.83. The average Bonchev–Trinajstić information content (AvgIpc) is 2.47. The van der Waals surface area contributed by atoms with Gasteiger partial charge in [0.2, 0.25) is 0 Å². The Morgan fingerprint density at radius 2 is 1.67 bits per heavy atom. The Bertz CT molecular complexity index is 727. The molecule has 2 aromatic carbocycles. The van der Waals surface area contributed by atoms with Crippen molar-refractivity contribution in [3.8, 4) is 0 Å². The lowest BCUT2D eigenvalue weighted by atomic mass is 10.1. The van der Waals surface area contributed by atoms with Gasteiger partial charge in [-0.25, -0.2) is 12.8 Å². The second-order valence-electron chi connectivity index (χ2n) is 4.67. The van der Waals surface area contributed by atoms with Crippen LogP contribution in [-0.2, 0) is 10.0 Å². The van der Waals surface area contributed by atoms with Gasteiger partial charge in [0.15, 0.2) is 0 Å². The molecule has 2 aromatic rings. The molecule has 0 aromatic heterocycles. The summed E-state index contributed by atoms with van der Waals surface area (Å²) >= 11 is 0. The average molecular weight is 309 g/mol. The highest BCUT2D eigenvalue weighted by Crippen LogP contribution is 2.25. The van der Waals surface area contributed by atoms with E-state index in [1.54, 1.807) is 13.0 Å². The molecule has 4 nitrogen and oxygen atoms in total. The maximum atomic E-state index is 13.7. The first-order chi connectivity index (χ1) is 9.84. The topological polar surface area (TPSA) is 57.6 Å². The van der Waals surface area contributed by atoms with Crippen molar-refractivity contribution in [2.24, 2.45) is 0 Å². The summed E-state index contributed by atoms with van der Waals surface area (Å²) in [5, 5.41) is 9.43. The van der Waals surface area contributed by atoms with E-state index in [9.17, 15) is 17.9 Å². The lowest BCUT2D eigenvalue weighted by Crippen LogP contribution is -2.27. The molecule has 0 aliphatic rings. The molecule has 0 amide bonds. The molecule has 112 valence electrons. The summed E-state index contributed by atoms with van der Waals surface area (Å²) in [6, 6.07) is 11.5. The molecule has 6 heteroatoms. The first kappa shape index (κ1) is 15.5. The van der Waals surface area contributed by atoms with Crippen molar-refractivity contribution in [3.63, 3.8) is 0 Å². The fourth-order valence-electron chi connectivity index (χ4n) is 1.91. The van der Waals surface area contributed by atoms with Crippen LogP contribution < -0.4 is 4.31 Å². The zero-order valence-electron chi connectivity index (χ0n) is 11.7. The molecule has 2 rings (SSSR count). The molecule has 0 bridgehead atoms. The van der Waals surface area contributed by atoms with Gasteiger partial charge < -0.3 is 5.11 Å². The molecule has 1 unspecified atom stereocenters. The summed E-state index contributed by atoms with van der Waals surface area (Å²) in [4.78, 5) is 0.0395. The van der Waals surface area contributed by atoms with Gasteiger partial charge in [0.1, 0.15) is 5.82 Å². The molecule has 0 saturated carbocycles. The molecular formula is C15H16FNO3S. The van der Waals surface area contributed by atoms with Gasteiger partial charge in [0.25, 0.3) is 10.0 Å². The van der Waals surface area contributed by atoms with E-state index in [0.717, 1.165) is 4.31 Å². The molecular weight excluding hydrogens is 293 g/mol. The van der Waals surface area contributed by atoms with Crippen LogP contribution in [0, 0.1) is 5.82 Å². The van der Waals surface area contributed by atoms with Gasteiger partial charge in [0.05, 0.1) is 16.7 Å². The van der Waals surface area contributed by atoms with E-state index in [-0.39, 0.29) is 10.6 Å². The number of nitrogens with zero attached hydrogens (tertiary/aromatic N) is 1. The summed E-state index contributed by atoms with van der Waals surface area (Å²) in [6.45, 7) is 1.59. The molecule has 0 fully saturated rings. The molecule has 21 heavy (non-hydrogen) atoms. The first-order valence-electron chi connectivity index (χ1n) is 6.35. The number of aliphatic hydroxyl groups excluding tert-OH is 1. The minimum Gasteiger partial charge on any atom is -0.389 e. The third-order valence-electron chi connectivity index (χ3n) is 3.21. The van der Waals surface area contributed by atoms with Crippen LogP contribution in [0.5, 0.6) is 0 Å². The molecule has 1 N–H and O–H groups in total. The summed E-state index contributed by atoms with van der Waals surface area (Å²) in [6.07, 6.45) is -0.675. The van der Waals surface area contributed by atoms with Gasteiger partial charge in [0, 0.05) is 7.05 Å². The van der Waals surface area contributed by atoms with Gasteiger partial charge >= 0.3 is 0 Å². The zero-order chi connectivity index (χ0) is 15.6. The van der Waals surface area contributed by atoms with Crippen molar-refractivity contribution in [1.82, 2.24) is 0 Å². The largest absolute Gasteiger partial charge is 0.389 e. The number of benzene rings is 2. The zero-order valence-corrected chi connectivity index (χ0v) is 12.5. The Morgan fingerprint density at radius 3 is 2.19 bits per heavy atom. The number of hydrogen-bond acceptors (Lipinski definition) is 3. The monoisotopic (exact) mass is 309 g/mol. The van der Waals surface area contributed by atoms with Crippen molar-refractivity contribution in [2.45, 2.75) is 17.9 Å². The maximum absolute atomic E-state index is 13.7. The number of halogens is 1. The van der Waals surface area contributed by atoms with Crippen molar-refractivity contribution in [1.29, 1.82) is 0 Å². The van der Waals surface area contributed by atoms with E-state index in [2.05, 4.69) is 0 Å². The number of anilines is 1. The third-order valence-corrected chi connectivity index (χ3v) is 5.00. The Labute approximate surface area is 123 Å². The normalized spacial score (nSPS) is 13.0. The standard InChI is InChI=1S/C15H16FNO3S/c1-11(18)12-7-9-13(10-8-12)21(19,20)17(2)15-6-4-3-5-14(15)16/h3-11,18H,1-2H3. The molecule has 0 aliphatic carbocycles. The van der Waals surface area contributed by atoms with Crippen LogP contribution in [-0.4, -0.2) is 20.6 Å². The predicted octanol–water partition coefficient (Wildman–Crippen LogP) is 2.70. The fourth-order valence-corrected chi connectivity index (χ4v) is 3.12. The molecule has 0 aliphatic heterocycles. The van der Waals surface area contributed by atoms with Crippen LogP contribution in [0.1, 0.15) is 18.6 Å². The quantitative estimate of drug-likeness (QED) is 0.944. The number of sulfonamides is 1. The Kier molecular flexibility index (Phi) is 4.29. The number of rotatable bonds is 4. The SMILES string of the molecule is CC(O)c1ccc(S(=O)(=O)N(C)c2ccccc2F)cc1. The summed E-state index contributed by atoms with van der Waals surface area (Å²) in [7, 11) is -2.54. The third kappa shape index (κ3) is 3.06. The van der Waals surface area contributed by atoms with Crippen LogP contribution in [0.3, 0.4) is 0 Å². The summed E-state index contributed by atoms with van der Waals surface area (Å²) in [5.41, 5.74) is 0.597. The minimum absolute atomic E-state index is 0.0166. The number of hydrogen-bond donors (Lipinski definition) is 1. The highest BCUT2D eigenvalue weighted by molar-refractivity contribution is 7.92. The highest BCUT2D eigenvalue weighted by atomic mass is 32.2. The Hall–Kier alpha value is -1.92. The van der Waals surface area contributed by atoms with Crippen molar-refractivity contribution in [2.75, 3.05) is 11.4 Å². The predicted molar refractivity (Wildman–Crippen MR) is 79.1 cm³/mol. The van der Waals surface area contributed by atoms with Gasteiger partial charge in [-0.15, -0.1) is 0 Å². The Morgan fingerprint density at radius 1 is 1.10 bits per heavy atom. The lowest BCUT2D eigenvalue weighted by molar-refractivity contribution is 0.199. The van der Waals surface area contributed by atoms with E-state index < -0.39 is 21.9 Å². The Balaban J connectivity index is 2.40. The van der Waals surface area contributed by atoms with Crippen molar-refractivity contribution < 1.29 is 17.9 Å². The molecule has 0 heterocycles. The summed E-state index contributed by atoms with van der Waals surface area (Å²) in [5.74, 6) is -0.607. The van der Waals surface area contributed by atoms with Crippen LogP contribution in [0.25, 0.3) is 0 Å². The smallest absolute Gasteiger partial charge is 0.264 e. The second-order valence-corrected chi connectivity index (χ2v) is 6.64. The maximum Gasteiger partial charge on any atom is 0.264 e. The molecule has 1 atom stereocenters. The van der Waals surface area contributed by atoms with Gasteiger partial charge in [-0.3, -0.25) is 4.31 Å². The van der Waals surface area contributed by atoms with E-state index in [4.69, 9.17) is 0 Å². The van der Waals surface area contributed by atoms with Crippen LogP contribution in [0.2, 0.25) is 0 Å².